The Hall–Kier alpha value is -0.780. The van der Waals surface area contributed by atoms with Crippen LogP contribution in [-0.2, 0) is 12.8 Å². The van der Waals surface area contributed by atoms with Gasteiger partial charge in [0.05, 0.1) is 15.2 Å². The molecule has 1 aromatic heterocycles. The predicted molar refractivity (Wildman–Crippen MR) is 85.8 cm³/mol. The third-order valence-corrected chi connectivity index (χ3v) is 4.82. The summed E-state index contributed by atoms with van der Waals surface area (Å²) < 4.78 is 14.1. The van der Waals surface area contributed by atoms with Crippen molar-refractivity contribution >= 4 is 27.3 Å². The molecule has 0 saturated heterocycles. The lowest BCUT2D eigenvalue weighted by Crippen LogP contribution is -2.33. The lowest BCUT2D eigenvalue weighted by Gasteiger charge is -2.18. The van der Waals surface area contributed by atoms with E-state index < -0.39 is 0 Å². The predicted octanol–water partition coefficient (Wildman–Crippen LogP) is 4.12. The molecule has 0 amide bonds. The van der Waals surface area contributed by atoms with Crippen molar-refractivity contribution in [3.05, 3.63) is 50.1 Å². The maximum absolute atomic E-state index is 13.6. The van der Waals surface area contributed by atoms with Crippen LogP contribution >= 0.6 is 27.3 Å². The average Bonchev–Trinajstić information content (AvgIpc) is 2.81. The van der Waals surface area contributed by atoms with Gasteiger partial charge >= 0.3 is 0 Å². The Labute approximate surface area is 131 Å². The van der Waals surface area contributed by atoms with E-state index >= 15 is 0 Å². The number of likely N-dealkylation sites (N-methyl/N-ethyl adjacent to an activating group) is 1. The Morgan fingerprint density at radius 1 is 1.40 bits per heavy atom. The highest BCUT2D eigenvalue weighted by Gasteiger charge is 2.14. The van der Waals surface area contributed by atoms with Crippen molar-refractivity contribution in [1.29, 1.82) is 0 Å². The molecule has 0 aliphatic carbocycles. The summed E-state index contributed by atoms with van der Waals surface area (Å²) >= 11 is 5.00. The van der Waals surface area contributed by atoms with E-state index in [0.29, 0.717) is 4.47 Å². The number of hydrogen-bond donors (Lipinski definition) is 1. The van der Waals surface area contributed by atoms with Crippen molar-refractivity contribution in [2.24, 2.45) is 0 Å². The van der Waals surface area contributed by atoms with E-state index in [-0.39, 0.29) is 11.9 Å². The van der Waals surface area contributed by atoms with E-state index in [9.17, 15) is 4.39 Å². The fourth-order valence-electron chi connectivity index (χ4n) is 2.23. The molecule has 5 heteroatoms. The molecule has 0 radical (unpaired) electrons. The van der Waals surface area contributed by atoms with Crippen molar-refractivity contribution in [3.63, 3.8) is 0 Å². The van der Waals surface area contributed by atoms with Gasteiger partial charge in [0.1, 0.15) is 5.82 Å². The smallest absolute Gasteiger partial charge is 0.137 e. The zero-order chi connectivity index (χ0) is 14.5. The van der Waals surface area contributed by atoms with E-state index in [1.54, 1.807) is 17.4 Å². The second kappa shape index (κ2) is 7.29. The van der Waals surface area contributed by atoms with Gasteiger partial charge in [-0.3, -0.25) is 0 Å². The Balaban J connectivity index is 2.10. The molecule has 2 nitrogen and oxygen atoms in total. The molecule has 0 fully saturated rings. The fourth-order valence-corrected chi connectivity index (χ4v) is 3.28. The first kappa shape index (κ1) is 15.6. The standard InChI is InChI=1S/C15H18BrFN2S/c1-3-18-12(8-13-9-20-10(2)19-13)7-11-5-4-6-14(17)15(11)16/h4-6,9,12,18H,3,7-8H2,1-2H3. The number of benzene rings is 1. The third-order valence-electron chi connectivity index (χ3n) is 3.11. The third kappa shape index (κ3) is 4.11. The second-order valence-electron chi connectivity index (χ2n) is 4.73. The molecule has 0 spiro atoms. The number of thiazole rings is 1. The number of aromatic nitrogens is 1. The summed E-state index contributed by atoms with van der Waals surface area (Å²) in [6.07, 6.45) is 1.64. The fraction of sp³-hybridized carbons (Fsp3) is 0.400. The molecule has 20 heavy (non-hydrogen) atoms. The Morgan fingerprint density at radius 2 is 2.20 bits per heavy atom. The first-order valence-electron chi connectivity index (χ1n) is 6.67. The zero-order valence-electron chi connectivity index (χ0n) is 11.6. The van der Waals surface area contributed by atoms with E-state index in [0.717, 1.165) is 35.7 Å². The maximum atomic E-state index is 13.6. The van der Waals surface area contributed by atoms with Gasteiger partial charge in [-0.1, -0.05) is 19.1 Å². The summed E-state index contributed by atoms with van der Waals surface area (Å²) in [5, 5.41) is 6.64. The van der Waals surface area contributed by atoms with Crippen LogP contribution in [0.25, 0.3) is 0 Å². The van der Waals surface area contributed by atoms with Crippen LogP contribution in [-0.4, -0.2) is 17.6 Å². The molecular formula is C15H18BrFN2S. The number of nitrogens with one attached hydrogen (secondary N) is 1. The van der Waals surface area contributed by atoms with Gasteiger partial charge in [0.15, 0.2) is 0 Å². The van der Waals surface area contributed by atoms with E-state index in [2.05, 4.69) is 38.5 Å². The van der Waals surface area contributed by atoms with Crippen LogP contribution < -0.4 is 5.32 Å². The first-order chi connectivity index (χ1) is 9.60. The second-order valence-corrected chi connectivity index (χ2v) is 6.59. The number of hydrogen-bond acceptors (Lipinski definition) is 3. The summed E-state index contributed by atoms with van der Waals surface area (Å²) in [5.41, 5.74) is 2.09. The first-order valence-corrected chi connectivity index (χ1v) is 8.34. The SMILES string of the molecule is CCNC(Cc1csc(C)n1)Cc1cccc(F)c1Br. The highest BCUT2D eigenvalue weighted by Crippen LogP contribution is 2.22. The quantitative estimate of drug-likeness (QED) is 0.841. The van der Waals surface area contributed by atoms with Crippen molar-refractivity contribution in [3.8, 4) is 0 Å². The number of rotatable bonds is 6. The van der Waals surface area contributed by atoms with Gasteiger partial charge in [0, 0.05) is 17.8 Å². The molecule has 1 unspecified atom stereocenters. The van der Waals surface area contributed by atoms with Crippen LogP contribution in [0.4, 0.5) is 4.39 Å². The Bertz CT molecular complexity index is 571. The van der Waals surface area contributed by atoms with Crippen LogP contribution in [0, 0.1) is 12.7 Å². The largest absolute Gasteiger partial charge is 0.314 e. The molecule has 0 bridgehead atoms. The van der Waals surface area contributed by atoms with Crippen molar-refractivity contribution in [2.75, 3.05) is 6.54 Å². The molecule has 1 atom stereocenters. The van der Waals surface area contributed by atoms with E-state index in [1.165, 1.54) is 6.07 Å². The van der Waals surface area contributed by atoms with Gasteiger partial charge in [-0.25, -0.2) is 9.37 Å². The molecule has 0 aliphatic rings. The average molecular weight is 357 g/mol. The van der Waals surface area contributed by atoms with Gasteiger partial charge in [-0.15, -0.1) is 11.3 Å². The van der Waals surface area contributed by atoms with Gasteiger partial charge in [-0.2, -0.15) is 0 Å². The topological polar surface area (TPSA) is 24.9 Å². The van der Waals surface area contributed by atoms with Gasteiger partial charge < -0.3 is 5.32 Å². The summed E-state index contributed by atoms with van der Waals surface area (Å²) in [6.45, 7) is 4.99. The summed E-state index contributed by atoms with van der Waals surface area (Å²) in [4.78, 5) is 4.51. The highest BCUT2D eigenvalue weighted by molar-refractivity contribution is 9.10. The molecular weight excluding hydrogens is 339 g/mol. The van der Waals surface area contributed by atoms with Crippen LogP contribution in [0.5, 0.6) is 0 Å². The molecule has 1 N–H and O–H groups in total. The zero-order valence-corrected chi connectivity index (χ0v) is 14.0. The maximum Gasteiger partial charge on any atom is 0.137 e. The minimum absolute atomic E-state index is 0.206. The molecule has 1 aromatic carbocycles. The van der Waals surface area contributed by atoms with Gasteiger partial charge in [0.25, 0.3) is 0 Å². The Kier molecular flexibility index (Phi) is 5.69. The van der Waals surface area contributed by atoms with Crippen LogP contribution in [0.3, 0.4) is 0 Å². The van der Waals surface area contributed by atoms with Gasteiger partial charge in [-0.05, 0) is 47.4 Å². The van der Waals surface area contributed by atoms with E-state index in [1.807, 2.05) is 13.0 Å². The molecule has 1 heterocycles. The van der Waals surface area contributed by atoms with Crippen LogP contribution in [0.2, 0.25) is 0 Å². The van der Waals surface area contributed by atoms with Crippen molar-refractivity contribution < 1.29 is 4.39 Å². The summed E-state index contributed by atoms with van der Waals surface area (Å²) in [5.74, 6) is -0.206. The minimum atomic E-state index is -0.206. The summed E-state index contributed by atoms with van der Waals surface area (Å²) in [7, 11) is 0. The normalized spacial score (nSPS) is 12.6. The number of halogens is 2. The summed E-state index contributed by atoms with van der Waals surface area (Å²) in [6, 6.07) is 5.45. The molecule has 2 aromatic rings. The van der Waals surface area contributed by atoms with Crippen molar-refractivity contribution in [2.45, 2.75) is 32.7 Å². The lowest BCUT2D eigenvalue weighted by atomic mass is 10.0. The minimum Gasteiger partial charge on any atom is -0.314 e. The Morgan fingerprint density at radius 3 is 2.85 bits per heavy atom. The van der Waals surface area contributed by atoms with Gasteiger partial charge in [0.2, 0.25) is 0 Å². The lowest BCUT2D eigenvalue weighted by molar-refractivity contribution is 0.514. The number of aryl methyl sites for hydroxylation is 1. The molecule has 0 saturated carbocycles. The number of nitrogens with zero attached hydrogens (tertiary/aromatic N) is 1. The van der Waals surface area contributed by atoms with Crippen molar-refractivity contribution in [1.82, 2.24) is 10.3 Å². The van der Waals surface area contributed by atoms with Crippen LogP contribution in [0.1, 0.15) is 23.2 Å². The molecule has 2 rings (SSSR count). The monoisotopic (exact) mass is 356 g/mol. The molecule has 0 aliphatic heterocycles. The van der Waals surface area contributed by atoms with E-state index in [4.69, 9.17) is 0 Å². The molecule has 108 valence electrons. The highest BCUT2D eigenvalue weighted by atomic mass is 79.9. The van der Waals surface area contributed by atoms with Crippen LogP contribution in [0.15, 0.2) is 28.1 Å².